The molecule has 6 nitrogen and oxygen atoms in total. The van der Waals surface area contributed by atoms with Crippen LogP contribution in [0.4, 0.5) is 4.39 Å². The van der Waals surface area contributed by atoms with Crippen molar-refractivity contribution in [3.05, 3.63) is 100 Å². The van der Waals surface area contributed by atoms with Crippen LogP contribution in [-0.4, -0.2) is 61.4 Å². The monoisotopic (exact) mass is 535 g/mol. The van der Waals surface area contributed by atoms with E-state index in [9.17, 15) is 14.0 Å². The van der Waals surface area contributed by atoms with E-state index in [1.807, 2.05) is 30.3 Å². The van der Waals surface area contributed by atoms with E-state index >= 15 is 0 Å². The Balaban J connectivity index is 1.19. The number of nitrogens with one attached hydrogen (secondary N) is 1. The topological polar surface area (TPSA) is 61.9 Å². The third kappa shape index (κ3) is 5.69. The first-order valence-electron chi connectivity index (χ1n) is 12.9. The molecule has 0 radical (unpaired) electrons. The Morgan fingerprint density at radius 3 is 2.29 bits per heavy atom. The van der Waals surface area contributed by atoms with E-state index < -0.39 is 5.82 Å². The van der Waals surface area contributed by atoms with Gasteiger partial charge in [0.2, 0.25) is 0 Å². The molecule has 0 saturated carbocycles. The fraction of sp³-hybridized carbons (Fsp3) is 0.333. The van der Waals surface area contributed by atoms with Crippen LogP contribution in [0.25, 0.3) is 0 Å². The van der Waals surface area contributed by atoms with Gasteiger partial charge in [0.25, 0.3) is 11.8 Å². The number of ether oxygens (including phenoxy) is 1. The number of methoxy groups -OCH3 is 1. The highest BCUT2D eigenvalue weighted by molar-refractivity contribution is 6.33. The molecule has 2 heterocycles. The van der Waals surface area contributed by atoms with Gasteiger partial charge in [0.05, 0.1) is 23.7 Å². The van der Waals surface area contributed by atoms with Crippen LogP contribution < -0.4 is 10.1 Å². The number of hydrogen-bond donors (Lipinski definition) is 1. The van der Waals surface area contributed by atoms with Crippen LogP contribution in [-0.2, 0) is 0 Å². The van der Waals surface area contributed by atoms with Gasteiger partial charge in [-0.25, -0.2) is 4.39 Å². The van der Waals surface area contributed by atoms with Gasteiger partial charge < -0.3 is 19.9 Å². The molecule has 0 spiro atoms. The molecule has 5 rings (SSSR count). The molecule has 198 valence electrons. The first-order valence-corrected chi connectivity index (χ1v) is 13.3. The Morgan fingerprint density at radius 2 is 1.66 bits per heavy atom. The minimum atomic E-state index is -0.579. The van der Waals surface area contributed by atoms with E-state index in [1.54, 1.807) is 42.3 Å². The predicted molar refractivity (Wildman–Crippen MR) is 145 cm³/mol. The Kier molecular flexibility index (Phi) is 7.95. The second kappa shape index (κ2) is 11.5. The summed E-state index contributed by atoms with van der Waals surface area (Å²) in [7, 11) is 1.60. The molecule has 2 aliphatic rings. The molecule has 38 heavy (non-hydrogen) atoms. The van der Waals surface area contributed by atoms with Crippen LogP contribution in [0.1, 0.15) is 38.7 Å². The third-order valence-electron chi connectivity index (χ3n) is 7.62. The van der Waals surface area contributed by atoms with Gasteiger partial charge in [0.1, 0.15) is 11.6 Å². The van der Waals surface area contributed by atoms with E-state index in [0.717, 1.165) is 31.6 Å². The van der Waals surface area contributed by atoms with Crippen molar-refractivity contribution < 1.29 is 18.7 Å². The molecule has 2 aliphatic heterocycles. The van der Waals surface area contributed by atoms with Crippen LogP contribution in [0, 0.1) is 17.7 Å². The van der Waals surface area contributed by atoms with Crippen molar-refractivity contribution in [3.63, 3.8) is 0 Å². The Hall–Kier alpha value is -3.42. The zero-order chi connectivity index (χ0) is 26.6. The highest BCUT2D eigenvalue weighted by Crippen LogP contribution is 2.34. The maximum absolute atomic E-state index is 14.3. The number of nitrogens with zero attached hydrogens (tertiary/aromatic N) is 2. The van der Waals surface area contributed by atoms with Gasteiger partial charge in [-0.05, 0) is 60.2 Å². The minimum absolute atomic E-state index is 0.0377. The standard InChI is InChI=1S/C30H31ClFN3O3/c1-38-24-12-10-21(11-13-24)29(36)33-27(20-6-3-2-4-7-20)14-15-34-16-22-18-35(19-23(22)17-34)30(37)28-25(31)8-5-9-26(28)32/h2-13,22-23,27H,14-19H2,1H3,(H,33,36). The Bertz CT molecular complexity index is 1250. The molecule has 3 unspecified atom stereocenters. The molecule has 8 heteroatoms. The molecule has 1 N–H and O–H groups in total. The van der Waals surface area contributed by atoms with Gasteiger partial charge in [-0.3, -0.25) is 9.59 Å². The van der Waals surface area contributed by atoms with E-state index in [2.05, 4.69) is 10.2 Å². The zero-order valence-electron chi connectivity index (χ0n) is 21.3. The molecule has 0 aromatic heterocycles. The summed E-state index contributed by atoms with van der Waals surface area (Å²) in [6.07, 6.45) is 0.763. The largest absolute Gasteiger partial charge is 0.497 e. The number of rotatable bonds is 8. The number of halogens is 2. The molecular weight excluding hydrogens is 505 g/mol. The molecule has 3 aromatic rings. The Morgan fingerprint density at radius 1 is 0.974 bits per heavy atom. The smallest absolute Gasteiger partial charge is 0.258 e. The van der Waals surface area contributed by atoms with Crippen LogP contribution in [0.5, 0.6) is 5.75 Å². The lowest BCUT2D eigenvalue weighted by atomic mass is 10.0. The summed E-state index contributed by atoms with van der Waals surface area (Å²) in [5, 5.41) is 3.36. The fourth-order valence-electron chi connectivity index (χ4n) is 5.60. The van der Waals surface area contributed by atoms with E-state index in [4.69, 9.17) is 16.3 Å². The number of likely N-dealkylation sites (tertiary alicyclic amines) is 2. The molecule has 0 bridgehead atoms. The lowest BCUT2D eigenvalue weighted by molar-refractivity contribution is 0.0769. The highest BCUT2D eigenvalue weighted by atomic mass is 35.5. The summed E-state index contributed by atoms with van der Waals surface area (Å²) in [5.74, 6) is 0.352. The summed E-state index contributed by atoms with van der Waals surface area (Å²) in [6.45, 7) is 3.76. The number of fused-ring (bicyclic) bond motifs is 1. The fourth-order valence-corrected chi connectivity index (χ4v) is 5.85. The second-order valence-electron chi connectivity index (χ2n) is 10.0. The maximum atomic E-state index is 14.3. The van der Waals surface area contributed by atoms with Crippen molar-refractivity contribution in [2.45, 2.75) is 12.5 Å². The minimum Gasteiger partial charge on any atom is -0.497 e. The predicted octanol–water partition coefficient (Wildman–Crippen LogP) is 5.05. The first-order chi connectivity index (χ1) is 18.4. The van der Waals surface area contributed by atoms with E-state index in [1.165, 1.54) is 12.1 Å². The van der Waals surface area contributed by atoms with Crippen molar-refractivity contribution in [2.24, 2.45) is 11.8 Å². The van der Waals surface area contributed by atoms with Crippen LogP contribution in [0.15, 0.2) is 72.8 Å². The third-order valence-corrected chi connectivity index (χ3v) is 7.93. The molecule has 0 aliphatic carbocycles. The van der Waals surface area contributed by atoms with Gasteiger partial charge in [0, 0.05) is 38.3 Å². The van der Waals surface area contributed by atoms with Crippen molar-refractivity contribution >= 4 is 23.4 Å². The lowest BCUT2D eigenvalue weighted by Gasteiger charge is -2.25. The molecule has 2 amide bonds. The number of benzene rings is 3. The Labute approximate surface area is 227 Å². The average Bonchev–Trinajstić information content (AvgIpc) is 3.50. The number of carbonyl (C=O) groups excluding carboxylic acids is 2. The SMILES string of the molecule is COc1ccc(C(=O)NC(CCN2CC3CN(C(=O)c4c(F)cccc4Cl)CC3C2)c2ccccc2)cc1. The van der Waals surface area contributed by atoms with Gasteiger partial charge in [-0.15, -0.1) is 0 Å². The van der Waals surface area contributed by atoms with Gasteiger partial charge >= 0.3 is 0 Å². The molecule has 2 fully saturated rings. The highest BCUT2D eigenvalue weighted by Gasteiger charge is 2.42. The normalized spacial score (nSPS) is 19.7. The summed E-state index contributed by atoms with van der Waals surface area (Å²) in [6, 6.07) is 21.3. The first kappa shape index (κ1) is 26.2. The quantitative estimate of drug-likeness (QED) is 0.438. The van der Waals surface area contributed by atoms with E-state index in [-0.39, 0.29) is 28.4 Å². The van der Waals surface area contributed by atoms with Crippen molar-refractivity contribution in [1.29, 1.82) is 0 Å². The summed E-state index contributed by atoms with van der Waals surface area (Å²) in [5.41, 5.74) is 1.61. The van der Waals surface area contributed by atoms with Crippen LogP contribution >= 0.6 is 11.6 Å². The average molecular weight is 536 g/mol. The van der Waals surface area contributed by atoms with Gasteiger partial charge in [0.15, 0.2) is 0 Å². The molecule has 3 aromatic carbocycles. The van der Waals surface area contributed by atoms with Crippen LogP contribution in [0.3, 0.4) is 0 Å². The summed E-state index contributed by atoms with van der Waals surface area (Å²) in [4.78, 5) is 30.1. The van der Waals surface area contributed by atoms with Crippen LogP contribution in [0.2, 0.25) is 5.02 Å². The lowest BCUT2D eigenvalue weighted by Crippen LogP contribution is -2.35. The maximum Gasteiger partial charge on any atom is 0.258 e. The molecule has 2 saturated heterocycles. The molecular formula is C30H31ClFN3O3. The van der Waals surface area contributed by atoms with Gasteiger partial charge in [-0.1, -0.05) is 48.0 Å². The van der Waals surface area contributed by atoms with Crippen molar-refractivity contribution in [2.75, 3.05) is 39.8 Å². The van der Waals surface area contributed by atoms with Gasteiger partial charge in [-0.2, -0.15) is 0 Å². The zero-order valence-corrected chi connectivity index (χ0v) is 22.0. The van der Waals surface area contributed by atoms with E-state index in [0.29, 0.717) is 36.2 Å². The number of amides is 2. The van der Waals surface area contributed by atoms with Crippen molar-refractivity contribution in [3.8, 4) is 5.75 Å². The summed E-state index contributed by atoms with van der Waals surface area (Å²) >= 11 is 6.13. The molecule has 3 atom stereocenters. The van der Waals surface area contributed by atoms with Crippen molar-refractivity contribution in [1.82, 2.24) is 15.1 Å². The number of hydrogen-bond acceptors (Lipinski definition) is 4. The summed E-state index contributed by atoms with van der Waals surface area (Å²) < 4.78 is 19.5. The second-order valence-corrected chi connectivity index (χ2v) is 10.4. The number of carbonyl (C=O) groups is 2.